The molecule has 5 nitrogen and oxygen atoms in total. The van der Waals surface area contributed by atoms with E-state index in [1.165, 1.54) is 7.05 Å². The van der Waals surface area contributed by atoms with Crippen LogP contribution in [-0.4, -0.2) is 36.0 Å². The second kappa shape index (κ2) is 8.53. The topological polar surface area (TPSA) is 70.4 Å². The number of nitrogens with zero attached hydrogens (tertiary/aromatic N) is 2. The minimum absolute atomic E-state index is 0.116. The summed E-state index contributed by atoms with van der Waals surface area (Å²) >= 11 is 0. The molecule has 0 saturated heterocycles. The molecular weight excluding hydrogens is 418 g/mol. The number of hydrogen-bond donors (Lipinski definition) is 0. The van der Waals surface area contributed by atoms with E-state index in [2.05, 4.69) is 10.8 Å². The van der Waals surface area contributed by atoms with Gasteiger partial charge in [0.05, 0.1) is 22.8 Å². The molecule has 1 aromatic carbocycles. The molecule has 0 aromatic heterocycles. The van der Waals surface area contributed by atoms with Gasteiger partial charge in [-0.25, -0.2) is 4.79 Å². The zero-order valence-electron chi connectivity index (χ0n) is 15.9. The van der Waals surface area contributed by atoms with Crippen LogP contribution >= 0.6 is 0 Å². The number of halogens is 6. The fourth-order valence-corrected chi connectivity index (χ4v) is 3.28. The smallest absolute Gasteiger partial charge is 0.416 e. The van der Waals surface area contributed by atoms with E-state index in [-0.39, 0.29) is 18.2 Å². The Kier molecular flexibility index (Phi) is 6.69. The minimum Gasteiger partial charge on any atom is -0.452 e. The van der Waals surface area contributed by atoms with Gasteiger partial charge in [0.15, 0.2) is 6.61 Å². The van der Waals surface area contributed by atoms with Crippen LogP contribution in [0.25, 0.3) is 0 Å². The number of likely N-dealkylation sites (N-methyl/N-ethyl adjacent to an activating group) is 1. The number of rotatable bonds is 4. The monoisotopic (exact) mass is 436 g/mol. The maximum absolute atomic E-state index is 12.9. The molecule has 0 unspecified atom stereocenters. The molecule has 0 heterocycles. The molecule has 0 N–H and O–H groups in total. The maximum Gasteiger partial charge on any atom is 0.416 e. The number of ether oxygens (including phenoxy) is 1. The van der Waals surface area contributed by atoms with Crippen LogP contribution in [0.2, 0.25) is 0 Å². The first-order valence-corrected chi connectivity index (χ1v) is 8.95. The number of carbonyl (C=O) groups is 2. The largest absolute Gasteiger partial charge is 0.452 e. The standard InChI is InChI=1S/C19H18F6N2O3/c1-27(17(11-26)5-3-2-4-6-17)15(28)10-30-16(29)12-7-13(18(20,21)22)9-14(8-12)19(23,24)25/h7-9H,2-6,10H2,1H3. The molecule has 1 amide bonds. The third-order valence-corrected chi connectivity index (χ3v) is 5.06. The van der Waals surface area contributed by atoms with Gasteiger partial charge >= 0.3 is 18.3 Å². The number of esters is 1. The fraction of sp³-hybridized carbons (Fsp3) is 0.526. The third kappa shape index (κ3) is 5.23. The molecule has 0 aliphatic heterocycles. The lowest BCUT2D eigenvalue weighted by atomic mass is 9.81. The van der Waals surface area contributed by atoms with Crippen molar-refractivity contribution >= 4 is 11.9 Å². The number of carbonyl (C=O) groups excluding carboxylic acids is 2. The van der Waals surface area contributed by atoms with Crippen molar-refractivity contribution in [1.82, 2.24) is 4.90 Å². The molecule has 1 aromatic rings. The molecule has 0 spiro atoms. The van der Waals surface area contributed by atoms with E-state index in [9.17, 15) is 41.2 Å². The second-order valence-electron chi connectivity index (χ2n) is 7.03. The Hall–Kier alpha value is -2.77. The summed E-state index contributed by atoms with van der Waals surface area (Å²) in [5.41, 5.74) is -5.40. The summed E-state index contributed by atoms with van der Waals surface area (Å²) in [5.74, 6) is -2.29. The molecule has 0 radical (unpaired) electrons. The highest BCUT2D eigenvalue weighted by Gasteiger charge is 2.40. The Balaban J connectivity index is 2.17. The molecule has 11 heteroatoms. The zero-order chi connectivity index (χ0) is 22.7. The van der Waals surface area contributed by atoms with Gasteiger partial charge in [-0.1, -0.05) is 19.3 Å². The van der Waals surface area contributed by atoms with Gasteiger partial charge in [-0.3, -0.25) is 4.79 Å². The number of amides is 1. The number of alkyl halides is 6. The SMILES string of the molecule is CN(C(=O)COC(=O)c1cc(C(F)(F)F)cc(C(F)(F)F)c1)C1(C#N)CCCCC1. The molecule has 164 valence electrons. The van der Waals surface area contributed by atoms with Gasteiger partial charge in [0, 0.05) is 7.05 Å². The van der Waals surface area contributed by atoms with Crippen LogP contribution < -0.4 is 0 Å². The van der Waals surface area contributed by atoms with E-state index in [1.807, 2.05) is 0 Å². The molecule has 1 aliphatic rings. The lowest BCUT2D eigenvalue weighted by Gasteiger charge is -2.38. The van der Waals surface area contributed by atoms with Crippen molar-refractivity contribution in [1.29, 1.82) is 5.26 Å². The second-order valence-corrected chi connectivity index (χ2v) is 7.03. The van der Waals surface area contributed by atoms with Crippen molar-refractivity contribution < 1.29 is 40.7 Å². The average Bonchev–Trinajstić information content (AvgIpc) is 2.70. The number of nitriles is 1. The minimum atomic E-state index is -5.12. The molecule has 1 aliphatic carbocycles. The Morgan fingerprint density at radius 3 is 1.97 bits per heavy atom. The summed E-state index contributed by atoms with van der Waals surface area (Å²) in [6.07, 6.45) is -7.06. The molecule has 1 saturated carbocycles. The lowest BCUT2D eigenvalue weighted by Crippen LogP contribution is -2.51. The van der Waals surface area contributed by atoms with E-state index >= 15 is 0 Å². The summed E-state index contributed by atoms with van der Waals surface area (Å²) < 4.78 is 82.0. The third-order valence-electron chi connectivity index (χ3n) is 5.06. The van der Waals surface area contributed by atoms with Crippen molar-refractivity contribution in [3.8, 4) is 6.07 Å². The van der Waals surface area contributed by atoms with Crippen LogP contribution in [0.5, 0.6) is 0 Å². The summed E-state index contributed by atoms with van der Waals surface area (Å²) in [6, 6.07) is 2.42. The van der Waals surface area contributed by atoms with Crippen LogP contribution in [0.3, 0.4) is 0 Å². The zero-order valence-corrected chi connectivity index (χ0v) is 15.9. The highest BCUT2D eigenvalue weighted by molar-refractivity contribution is 5.92. The Morgan fingerprint density at radius 2 is 1.53 bits per heavy atom. The van der Waals surface area contributed by atoms with E-state index in [0.29, 0.717) is 12.8 Å². The van der Waals surface area contributed by atoms with Crippen LogP contribution in [0.4, 0.5) is 26.3 Å². The van der Waals surface area contributed by atoms with Crippen LogP contribution in [0, 0.1) is 11.3 Å². The van der Waals surface area contributed by atoms with Crippen LogP contribution in [-0.2, 0) is 21.9 Å². The number of hydrogen-bond acceptors (Lipinski definition) is 4. The van der Waals surface area contributed by atoms with Crippen molar-refractivity contribution in [2.45, 2.75) is 50.0 Å². The quantitative estimate of drug-likeness (QED) is 0.512. The Bertz CT molecular complexity index is 819. The molecule has 0 bridgehead atoms. The predicted octanol–water partition coefficient (Wildman–Crippen LogP) is 4.57. The first-order chi connectivity index (χ1) is 13.8. The lowest BCUT2D eigenvalue weighted by molar-refractivity contribution is -0.143. The van der Waals surface area contributed by atoms with Gasteiger partial charge in [-0.2, -0.15) is 31.6 Å². The predicted molar refractivity (Wildman–Crippen MR) is 90.9 cm³/mol. The van der Waals surface area contributed by atoms with Crippen LogP contribution in [0.15, 0.2) is 18.2 Å². The van der Waals surface area contributed by atoms with Gasteiger partial charge in [-0.05, 0) is 31.0 Å². The van der Waals surface area contributed by atoms with Crippen molar-refractivity contribution in [3.63, 3.8) is 0 Å². The summed E-state index contributed by atoms with van der Waals surface area (Å²) in [7, 11) is 1.34. The summed E-state index contributed by atoms with van der Waals surface area (Å²) in [6.45, 7) is -0.920. The Morgan fingerprint density at radius 1 is 1.03 bits per heavy atom. The highest BCUT2D eigenvalue weighted by Crippen LogP contribution is 2.36. The van der Waals surface area contributed by atoms with Gasteiger partial charge in [0.25, 0.3) is 5.91 Å². The first-order valence-electron chi connectivity index (χ1n) is 8.95. The van der Waals surface area contributed by atoms with Crippen LogP contribution in [0.1, 0.15) is 53.6 Å². The van der Waals surface area contributed by atoms with Crippen molar-refractivity contribution in [2.24, 2.45) is 0 Å². The molecular formula is C19H18F6N2O3. The molecule has 1 fully saturated rings. The normalized spacial score (nSPS) is 16.5. The fourth-order valence-electron chi connectivity index (χ4n) is 3.28. The van der Waals surface area contributed by atoms with E-state index in [0.717, 1.165) is 24.2 Å². The molecule has 0 atom stereocenters. The molecule has 30 heavy (non-hydrogen) atoms. The first kappa shape index (κ1) is 23.5. The van der Waals surface area contributed by atoms with Crippen molar-refractivity contribution in [3.05, 3.63) is 34.9 Å². The molecule has 2 rings (SSSR count). The Labute approximate surface area is 168 Å². The summed E-state index contributed by atoms with van der Waals surface area (Å²) in [5, 5.41) is 9.47. The van der Waals surface area contributed by atoms with Crippen molar-refractivity contribution in [2.75, 3.05) is 13.7 Å². The van der Waals surface area contributed by atoms with Gasteiger partial charge in [-0.15, -0.1) is 0 Å². The van der Waals surface area contributed by atoms with Gasteiger partial charge < -0.3 is 9.64 Å². The average molecular weight is 436 g/mol. The van der Waals surface area contributed by atoms with Gasteiger partial charge in [0.1, 0.15) is 5.54 Å². The summed E-state index contributed by atoms with van der Waals surface area (Å²) in [4.78, 5) is 25.5. The highest BCUT2D eigenvalue weighted by atomic mass is 19.4. The van der Waals surface area contributed by atoms with E-state index < -0.39 is 53.1 Å². The number of benzene rings is 1. The van der Waals surface area contributed by atoms with Gasteiger partial charge in [0.2, 0.25) is 0 Å². The maximum atomic E-state index is 12.9. The van der Waals surface area contributed by atoms with E-state index in [4.69, 9.17) is 0 Å². The van der Waals surface area contributed by atoms with E-state index in [1.54, 1.807) is 0 Å².